The molecule has 2 nitrogen and oxygen atoms in total. The second-order valence-electron chi connectivity index (χ2n) is 18.7. The lowest BCUT2D eigenvalue weighted by atomic mass is 9.67. The average molecular weight is 904 g/mol. The van der Waals surface area contributed by atoms with Crippen LogP contribution in [0.2, 0.25) is 0 Å². The lowest BCUT2D eigenvalue weighted by Gasteiger charge is -2.34. The van der Waals surface area contributed by atoms with E-state index in [1.54, 1.807) is 0 Å². The molecule has 0 atom stereocenters. The van der Waals surface area contributed by atoms with E-state index in [4.69, 9.17) is 4.42 Å². The van der Waals surface area contributed by atoms with E-state index in [9.17, 15) is 0 Å². The smallest absolute Gasteiger partial charge is 0.143 e. The molecule has 12 aromatic carbocycles. The predicted octanol–water partition coefficient (Wildman–Crippen LogP) is 18.7. The molecular weight excluding hydrogens is 859 g/mol. The van der Waals surface area contributed by atoms with Crippen molar-refractivity contribution in [1.29, 1.82) is 0 Å². The summed E-state index contributed by atoms with van der Waals surface area (Å²) in [6, 6.07) is 99.5. The summed E-state index contributed by atoms with van der Waals surface area (Å²) in [7, 11) is 0. The molecule has 1 aromatic heterocycles. The minimum atomic E-state index is -0.448. The van der Waals surface area contributed by atoms with Crippen molar-refractivity contribution in [3.8, 4) is 44.5 Å². The van der Waals surface area contributed by atoms with E-state index in [0.29, 0.717) is 0 Å². The monoisotopic (exact) mass is 903 g/mol. The standard InChI is InChI=1S/C69H45NO/c1-3-17-46(18-4-1)47-35-41-53(42-36-47)70(65-45-50-19-7-8-22-55(50)58-23-9-10-26-61(58)65)54-43-37-48(38-44-54)56-27-16-32-66-67(56)62-29-15-28-57(68(62)71-66)49-33-39-52(40-34-49)69(51-20-5-2-6-21-51)63-30-13-11-24-59(63)60-25-12-14-31-64(60)69/h1-45H. The SMILES string of the molecule is c1ccc(-c2ccc(N(c3ccc(-c4cccc5oc6c(-c7ccc(C8(c9ccccc9)c9ccccc9-c9ccccc98)cc7)cccc6c45)cc3)c3cc4ccccc4c4ccccc34)cc2)cc1. The molecular formula is C69H45NO. The first kappa shape index (κ1) is 40.8. The number of para-hydroxylation sites is 1. The molecule has 0 bridgehead atoms. The third-order valence-corrected chi connectivity index (χ3v) is 15.0. The van der Waals surface area contributed by atoms with Crippen LogP contribution >= 0.6 is 0 Å². The van der Waals surface area contributed by atoms with Gasteiger partial charge < -0.3 is 9.32 Å². The summed E-state index contributed by atoms with van der Waals surface area (Å²) in [6.07, 6.45) is 0. The third kappa shape index (κ3) is 6.42. The van der Waals surface area contributed by atoms with Gasteiger partial charge in [-0.1, -0.05) is 237 Å². The van der Waals surface area contributed by atoms with Crippen LogP contribution in [0.15, 0.2) is 277 Å². The molecule has 0 saturated heterocycles. The molecule has 1 aliphatic carbocycles. The van der Waals surface area contributed by atoms with Crippen molar-refractivity contribution in [1.82, 2.24) is 0 Å². The first-order valence-corrected chi connectivity index (χ1v) is 24.5. The van der Waals surface area contributed by atoms with Gasteiger partial charge in [0.2, 0.25) is 0 Å². The molecule has 2 heteroatoms. The Kier molecular flexibility index (Phi) is 9.47. The van der Waals surface area contributed by atoms with Crippen LogP contribution in [0.25, 0.3) is 88.0 Å². The van der Waals surface area contributed by atoms with Gasteiger partial charge >= 0.3 is 0 Å². The highest BCUT2D eigenvalue weighted by molar-refractivity contribution is 6.16. The van der Waals surface area contributed by atoms with Gasteiger partial charge in [-0.05, 0) is 114 Å². The van der Waals surface area contributed by atoms with E-state index in [-0.39, 0.29) is 0 Å². The molecule has 1 aliphatic rings. The van der Waals surface area contributed by atoms with Crippen molar-refractivity contribution < 1.29 is 4.42 Å². The van der Waals surface area contributed by atoms with Crippen molar-refractivity contribution in [2.24, 2.45) is 0 Å². The highest BCUT2D eigenvalue weighted by atomic mass is 16.3. The van der Waals surface area contributed by atoms with Crippen molar-refractivity contribution in [3.63, 3.8) is 0 Å². The van der Waals surface area contributed by atoms with Crippen molar-refractivity contribution >= 4 is 60.5 Å². The molecule has 0 saturated carbocycles. The number of furan rings is 1. The molecule has 1 heterocycles. The highest BCUT2D eigenvalue weighted by Crippen LogP contribution is 2.56. The molecule has 0 fully saturated rings. The van der Waals surface area contributed by atoms with E-state index >= 15 is 0 Å². The van der Waals surface area contributed by atoms with Crippen LogP contribution in [0.1, 0.15) is 22.3 Å². The Balaban J connectivity index is 0.866. The van der Waals surface area contributed by atoms with E-state index in [1.807, 2.05) is 0 Å². The van der Waals surface area contributed by atoms with Gasteiger partial charge in [0.05, 0.1) is 11.1 Å². The Bertz CT molecular complexity index is 4090. The van der Waals surface area contributed by atoms with Crippen LogP contribution in [0.3, 0.4) is 0 Å². The van der Waals surface area contributed by atoms with Gasteiger partial charge in [-0.25, -0.2) is 0 Å². The van der Waals surface area contributed by atoms with Crippen LogP contribution in [-0.4, -0.2) is 0 Å². The molecule has 0 radical (unpaired) electrons. The summed E-state index contributed by atoms with van der Waals surface area (Å²) in [5.41, 5.74) is 19.2. The summed E-state index contributed by atoms with van der Waals surface area (Å²) in [5, 5.41) is 7.11. The summed E-state index contributed by atoms with van der Waals surface area (Å²) in [5.74, 6) is 0. The van der Waals surface area contributed by atoms with Gasteiger partial charge in [0.1, 0.15) is 11.2 Å². The van der Waals surface area contributed by atoms with Crippen LogP contribution in [0.5, 0.6) is 0 Å². The fourth-order valence-corrected chi connectivity index (χ4v) is 11.8. The Morgan fingerprint density at radius 1 is 0.310 bits per heavy atom. The van der Waals surface area contributed by atoms with Crippen LogP contribution in [0.4, 0.5) is 17.1 Å². The molecule has 0 amide bonds. The Morgan fingerprint density at radius 2 is 0.789 bits per heavy atom. The summed E-state index contributed by atoms with van der Waals surface area (Å²) < 4.78 is 6.90. The number of rotatable bonds is 8. The Hall–Kier alpha value is -9.24. The summed E-state index contributed by atoms with van der Waals surface area (Å²) in [6.45, 7) is 0. The predicted molar refractivity (Wildman–Crippen MR) is 297 cm³/mol. The third-order valence-electron chi connectivity index (χ3n) is 15.0. The van der Waals surface area contributed by atoms with E-state index in [2.05, 4.69) is 278 Å². The normalized spacial score (nSPS) is 12.6. The number of hydrogen-bond donors (Lipinski definition) is 0. The molecule has 71 heavy (non-hydrogen) atoms. The van der Waals surface area contributed by atoms with Gasteiger partial charge in [0.15, 0.2) is 0 Å². The molecule has 0 N–H and O–H groups in total. The molecule has 0 aliphatic heterocycles. The van der Waals surface area contributed by atoms with Gasteiger partial charge in [-0.15, -0.1) is 0 Å². The maximum absolute atomic E-state index is 6.90. The zero-order chi connectivity index (χ0) is 46.9. The molecule has 332 valence electrons. The minimum Gasteiger partial charge on any atom is -0.455 e. The molecule has 14 rings (SSSR count). The number of hydrogen-bond acceptors (Lipinski definition) is 2. The van der Waals surface area contributed by atoms with Crippen LogP contribution in [-0.2, 0) is 5.41 Å². The average Bonchev–Trinajstić information content (AvgIpc) is 3.99. The minimum absolute atomic E-state index is 0.448. The van der Waals surface area contributed by atoms with Gasteiger partial charge in [0, 0.05) is 33.1 Å². The number of fused-ring (bicyclic) bond motifs is 9. The largest absolute Gasteiger partial charge is 0.455 e. The maximum Gasteiger partial charge on any atom is 0.143 e. The van der Waals surface area contributed by atoms with Crippen molar-refractivity contribution in [3.05, 3.63) is 295 Å². The number of benzene rings is 12. The van der Waals surface area contributed by atoms with E-state index < -0.39 is 5.41 Å². The fourth-order valence-electron chi connectivity index (χ4n) is 11.8. The number of anilines is 3. The van der Waals surface area contributed by atoms with Crippen LogP contribution in [0, 0.1) is 0 Å². The zero-order valence-electron chi connectivity index (χ0n) is 38.8. The summed E-state index contributed by atoms with van der Waals surface area (Å²) in [4.78, 5) is 2.41. The van der Waals surface area contributed by atoms with Crippen molar-refractivity contribution in [2.45, 2.75) is 5.41 Å². The Morgan fingerprint density at radius 3 is 1.49 bits per heavy atom. The maximum atomic E-state index is 6.90. The summed E-state index contributed by atoms with van der Waals surface area (Å²) >= 11 is 0. The highest BCUT2D eigenvalue weighted by Gasteiger charge is 2.45. The first-order valence-electron chi connectivity index (χ1n) is 24.5. The van der Waals surface area contributed by atoms with Crippen molar-refractivity contribution in [2.75, 3.05) is 4.90 Å². The quantitative estimate of drug-likeness (QED) is 0.141. The fraction of sp³-hybridized carbons (Fsp3) is 0.0145. The van der Waals surface area contributed by atoms with Gasteiger partial charge in [-0.3, -0.25) is 0 Å². The number of nitrogens with zero attached hydrogens (tertiary/aromatic N) is 1. The second-order valence-corrected chi connectivity index (χ2v) is 18.7. The topological polar surface area (TPSA) is 16.4 Å². The zero-order valence-corrected chi connectivity index (χ0v) is 38.8. The Labute approximate surface area is 413 Å². The lowest BCUT2D eigenvalue weighted by molar-refractivity contribution is 0.670. The lowest BCUT2D eigenvalue weighted by Crippen LogP contribution is -2.28. The van der Waals surface area contributed by atoms with Gasteiger partial charge in [-0.2, -0.15) is 0 Å². The van der Waals surface area contributed by atoms with E-state index in [0.717, 1.165) is 61.3 Å². The first-order chi connectivity index (χ1) is 35.2. The van der Waals surface area contributed by atoms with Gasteiger partial charge in [0.25, 0.3) is 0 Å². The second kappa shape index (κ2) is 16.5. The molecule has 0 spiro atoms. The van der Waals surface area contributed by atoms with Crippen LogP contribution < -0.4 is 4.90 Å². The molecule has 0 unspecified atom stereocenters. The molecule has 13 aromatic rings. The van der Waals surface area contributed by atoms with E-state index in [1.165, 1.54) is 66.1 Å².